The zero-order valence-electron chi connectivity index (χ0n) is 14.2. The Morgan fingerprint density at radius 3 is 2.88 bits per heavy atom. The molecule has 2 aromatic heterocycles. The zero-order chi connectivity index (χ0) is 18.3. The minimum Gasteiger partial charge on any atom is -0.464 e. The van der Waals surface area contributed by atoms with Crippen molar-refractivity contribution in [2.24, 2.45) is 0 Å². The SMILES string of the molecule is CS(=O)(=O)c1ncc2c(n1)CCN(Cc1coc3ccccc3c1=O)C2. The summed E-state index contributed by atoms with van der Waals surface area (Å²) in [5.74, 6) is 0. The molecule has 4 rings (SSSR count). The Morgan fingerprint density at radius 1 is 1.27 bits per heavy atom. The molecular weight excluding hydrogens is 354 g/mol. The highest BCUT2D eigenvalue weighted by molar-refractivity contribution is 7.90. The van der Waals surface area contributed by atoms with Gasteiger partial charge in [-0.1, -0.05) is 12.1 Å². The third-order valence-corrected chi connectivity index (χ3v) is 5.33. The molecule has 8 heteroatoms. The summed E-state index contributed by atoms with van der Waals surface area (Å²) in [5.41, 5.74) is 2.78. The second-order valence-electron chi connectivity index (χ2n) is 6.44. The topological polar surface area (TPSA) is 93.4 Å². The van der Waals surface area contributed by atoms with Gasteiger partial charge in [0.15, 0.2) is 5.43 Å². The van der Waals surface area contributed by atoms with E-state index >= 15 is 0 Å². The Balaban J connectivity index is 1.59. The molecule has 134 valence electrons. The maximum atomic E-state index is 12.6. The van der Waals surface area contributed by atoms with Gasteiger partial charge >= 0.3 is 0 Å². The molecule has 0 N–H and O–H groups in total. The van der Waals surface area contributed by atoms with Crippen molar-refractivity contribution >= 4 is 20.8 Å². The first-order valence-electron chi connectivity index (χ1n) is 8.18. The Labute approximate surface area is 150 Å². The molecule has 26 heavy (non-hydrogen) atoms. The highest BCUT2D eigenvalue weighted by Gasteiger charge is 2.22. The second-order valence-corrected chi connectivity index (χ2v) is 8.35. The van der Waals surface area contributed by atoms with Gasteiger partial charge in [-0.25, -0.2) is 18.4 Å². The van der Waals surface area contributed by atoms with Gasteiger partial charge in [-0.3, -0.25) is 9.69 Å². The molecule has 7 nitrogen and oxygen atoms in total. The third-order valence-electron chi connectivity index (χ3n) is 4.47. The van der Waals surface area contributed by atoms with Crippen molar-refractivity contribution in [3.8, 4) is 0 Å². The van der Waals surface area contributed by atoms with Crippen LogP contribution in [0.5, 0.6) is 0 Å². The molecule has 1 aromatic carbocycles. The number of fused-ring (bicyclic) bond motifs is 2. The van der Waals surface area contributed by atoms with Crippen LogP contribution in [-0.2, 0) is 29.3 Å². The van der Waals surface area contributed by atoms with Gasteiger partial charge in [-0.2, -0.15) is 0 Å². The fourth-order valence-corrected chi connectivity index (χ4v) is 3.66. The van der Waals surface area contributed by atoms with Gasteiger partial charge in [-0.15, -0.1) is 0 Å². The van der Waals surface area contributed by atoms with E-state index in [9.17, 15) is 13.2 Å². The van der Waals surface area contributed by atoms with Crippen LogP contribution in [0.4, 0.5) is 0 Å². The maximum absolute atomic E-state index is 12.6. The molecule has 0 atom stereocenters. The van der Waals surface area contributed by atoms with Crippen molar-refractivity contribution in [2.75, 3.05) is 12.8 Å². The third kappa shape index (κ3) is 3.13. The minimum atomic E-state index is -3.41. The number of aromatic nitrogens is 2. The number of para-hydroxylation sites is 1. The van der Waals surface area contributed by atoms with Gasteiger partial charge in [-0.05, 0) is 12.1 Å². The largest absolute Gasteiger partial charge is 0.464 e. The van der Waals surface area contributed by atoms with Crippen LogP contribution in [0.25, 0.3) is 11.0 Å². The molecule has 3 aromatic rings. The van der Waals surface area contributed by atoms with Crippen LogP contribution < -0.4 is 5.43 Å². The zero-order valence-corrected chi connectivity index (χ0v) is 15.0. The molecule has 1 aliphatic heterocycles. The Morgan fingerprint density at radius 2 is 2.08 bits per heavy atom. The standard InChI is InChI=1S/C18H17N3O4S/c1-26(23,24)18-19-8-12-9-21(7-6-15(12)20-18)10-13-11-25-16-5-3-2-4-14(16)17(13)22/h2-5,8,11H,6-7,9-10H2,1H3. The lowest BCUT2D eigenvalue weighted by Crippen LogP contribution is -2.32. The second kappa shape index (κ2) is 6.30. The van der Waals surface area contributed by atoms with Gasteiger partial charge in [0.1, 0.15) is 5.58 Å². The quantitative estimate of drug-likeness (QED) is 0.645. The fourth-order valence-electron chi connectivity index (χ4n) is 3.14. The molecule has 0 aliphatic carbocycles. The summed E-state index contributed by atoms with van der Waals surface area (Å²) >= 11 is 0. The van der Waals surface area contributed by atoms with Crippen molar-refractivity contribution in [2.45, 2.75) is 24.7 Å². The molecule has 0 saturated heterocycles. The van der Waals surface area contributed by atoms with E-state index < -0.39 is 9.84 Å². The molecular formula is C18H17N3O4S. The number of benzene rings is 1. The van der Waals surface area contributed by atoms with E-state index in [1.165, 1.54) is 6.26 Å². The molecule has 0 amide bonds. The summed E-state index contributed by atoms with van der Waals surface area (Å²) in [6, 6.07) is 7.18. The number of hydrogen-bond acceptors (Lipinski definition) is 7. The van der Waals surface area contributed by atoms with E-state index in [0.717, 1.165) is 17.5 Å². The van der Waals surface area contributed by atoms with Crippen LogP contribution in [-0.4, -0.2) is 36.1 Å². The first-order chi connectivity index (χ1) is 12.4. The number of sulfone groups is 1. The van der Waals surface area contributed by atoms with Crippen LogP contribution in [0.15, 0.2) is 51.1 Å². The van der Waals surface area contributed by atoms with Crippen molar-refractivity contribution in [3.05, 3.63) is 63.8 Å². The van der Waals surface area contributed by atoms with Crippen LogP contribution in [0.2, 0.25) is 0 Å². The summed E-state index contributed by atoms with van der Waals surface area (Å²) in [7, 11) is -3.41. The van der Waals surface area contributed by atoms with Crippen LogP contribution in [0.3, 0.4) is 0 Å². The van der Waals surface area contributed by atoms with Gasteiger partial charge in [0.05, 0.1) is 17.3 Å². The van der Waals surface area contributed by atoms with E-state index in [-0.39, 0.29) is 10.6 Å². The average molecular weight is 371 g/mol. The summed E-state index contributed by atoms with van der Waals surface area (Å²) in [6.07, 6.45) is 4.79. The predicted molar refractivity (Wildman–Crippen MR) is 95.4 cm³/mol. The summed E-state index contributed by atoms with van der Waals surface area (Å²) in [6.45, 7) is 1.70. The lowest BCUT2D eigenvalue weighted by atomic mass is 10.1. The monoisotopic (exact) mass is 371 g/mol. The summed E-state index contributed by atoms with van der Waals surface area (Å²) in [4.78, 5) is 22.9. The van der Waals surface area contributed by atoms with Crippen molar-refractivity contribution in [1.82, 2.24) is 14.9 Å². The Hall–Kier alpha value is -2.58. The highest BCUT2D eigenvalue weighted by Crippen LogP contribution is 2.20. The Bertz CT molecular complexity index is 1150. The van der Waals surface area contributed by atoms with E-state index in [1.807, 2.05) is 12.1 Å². The van der Waals surface area contributed by atoms with Crippen LogP contribution in [0, 0.1) is 0 Å². The lowest BCUT2D eigenvalue weighted by molar-refractivity contribution is 0.240. The van der Waals surface area contributed by atoms with E-state index in [4.69, 9.17) is 4.42 Å². The molecule has 0 fully saturated rings. The molecule has 0 unspecified atom stereocenters. The lowest BCUT2D eigenvalue weighted by Gasteiger charge is -2.27. The Kier molecular flexibility index (Phi) is 4.08. The van der Waals surface area contributed by atoms with Crippen molar-refractivity contribution in [3.63, 3.8) is 0 Å². The first kappa shape index (κ1) is 16.9. The van der Waals surface area contributed by atoms with Crippen LogP contribution in [0.1, 0.15) is 16.8 Å². The van der Waals surface area contributed by atoms with E-state index in [2.05, 4.69) is 14.9 Å². The van der Waals surface area contributed by atoms with Gasteiger partial charge in [0, 0.05) is 49.6 Å². The molecule has 0 spiro atoms. The minimum absolute atomic E-state index is 0.0266. The van der Waals surface area contributed by atoms with Gasteiger partial charge < -0.3 is 4.42 Å². The molecule has 0 bridgehead atoms. The molecule has 0 saturated carbocycles. The molecule has 3 heterocycles. The normalized spacial score (nSPS) is 15.1. The van der Waals surface area contributed by atoms with E-state index in [1.54, 1.807) is 18.3 Å². The summed E-state index contributed by atoms with van der Waals surface area (Å²) in [5, 5.41) is 0.434. The number of rotatable bonds is 3. The van der Waals surface area contributed by atoms with Gasteiger partial charge in [0.25, 0.3) is 0 Å². The highest BCUT2D eigenvalue weighted by atomic mass is 32.2. The fraction of sp³-hybridized carbons (Fsp3) is 0.278. The maximum Gasteiger partial charge on any atom is 0.246 e. The summed E-state index contributed by atoms with van der Waals surface area (Å²) < 4.78 is 28.7. The van der Waals surface area contributed by atoms with Crippen molar-refractivity contribution in [1.29, 1.82) is 0 Å². The number of hydrogen-bond donors (Lipinski definition) is 0. The van der Waals surface area contributed by atoms with Crippen LogP contribution >= 0.6 is 0 Å². The average Bonchev–Trinajstić information content (AvgIpc) is 2.63. The smallest absolute Gasteiger partial charge is 0.246 e. The first-order valence-corrected chi connectivity index (χ1v) is 10.1. The molecule has 0 radical (unpaired) electrons. The number of nitrogens with zero attached hydrogens (tertiary/aromatic N) is 3. The predicted octanol–water partition coefficient (Wildman–Crippen LogP) is 1.54. The van der Waals surface area contributed by atoms with E-state index in [0.29, 0.717) is 42.6 Å². The van der Waals surface area contributed by atoms with Crippen molar-refractivity contribution < 1.29 is 12.8 Å². The van der Waals surface area contributed by atoms with Gasteiger partial charge in [0.2, 0.25) is 15.0 Å². The molecule has 1 aliphatic rings.